The highest BCUT2D eigenvalue weighted by Crippen LogP contribution is 2.18. The summed E-state index contributed by atoms with van der Waals surface area (Å²) in [4.78, 5) is 7.38. The van der Waals surface area contributed by atoms with Gasteiger partial charge in [0, 0.05) is 17.2 Å². The van der Waals surface area contributed by atoms with Gasteiger partial charge >= 0.3 is 0 Å². The van der Waals surface area contributed by atoms with Crippen molar-refractivity contribution in [1.82, 2.24) is 9.97 Å². The van der Waals surface area contributed by atoms with Crippen LogP contribution in [0, 0.1) is 11.6 Å². The molecule has 0 aliphatic carbocycles. The lowest BCUT2D eigenvalue weighted by Gasteiger charge is -2.03. The summed E-state index contributed by atoms with van der Waals surface area (Å²) in [6, 6.07) is 4.81. The Morgan fingerprint density at radius 3 is 2.69 bits per heavy atom. The molecule has 1 N–H and O–H groups in total. The van der Waals surface area contributed by atoms with Crippen LogP contribution in [0.2, 0.25) is 0 Å². The first-order valence-electron chi connectivity index (χ1n) is 4.59. The molecule has 84 valence electrons. The maximum absolute atomic E-state index is 11.4. The molecular weight excluding hydrogens is 244 g/mol. The first-order chi connectivity index (χ1) is 7.38. The fraction of sp³-hybridized carbons (Fsp3) is 0.200. The summed E-state index contributed by atoms with van der Waals surface area (Å²) in [6.07, 6.45) is 1.17. The molecule has 0 bridgehead atoms. The fourth-order valence-corrected chi connectivity index (χ4v) is 2.43. The fourth-order valence-electron chi connectivity index (χ4n) is 1.48. The molecule has 0 unspecified atom stereocenters. The highest BCUT2D eigenvalue weighted by atomic mass is 32.2. The van der Waals surface area contributed by atoms with Gasteiger partial charge in [-0.2, -0.15) is 0 Å². The van der Waals surface area contributed by atoms with Crippen molar-refractivity contribution in [3.05, 3.63) is 28.7 Å². The normalized spacial score (nSPS) is 11.9. The van der Waals surface area contributed by atoms with Crippen LogP contribution in [0.5, 0.6) is 0 Å². The number of H-pyrrole nitrogens is 1. The summed E-state index contributed by atoms with van der Waals surface area (Å²) >= 11 is 5.10. The van der Waals surface area contributed by atoms with Crippen LogP contribution in [0.4, 0.5) is 0 Å². The Balaban J connectivity index is 2.87. The number of aromatic nitrogens is 2. The van der Waals surface area contributed by atoms with Crippen LogP contribution < -0.4 is 0 Å². The molecule has 0 saturated carbocycles. The third kappa shape index (κ3) is 1.98. The molecule has 0 aliphatic rings. The van der Waals surface area contributed by atoms with E-state index in [9.17, 15) is 8.42 Å². The van der Waals surface area contributed by atoms with Gasteiger partial charge in [0.05, 0.1) is 4.90 Å². The van der Waals surface area contributed by atoms with Crippen molar-refractivity contribution in [3.8, 4) is 0 Å². The Labute approximate surface area is 98.3 Å². The Hall–Kier alpha value is -1.27. The second-order valence-corrected chi connectivity index (χ2v) is 6.01. The van der Waals surface area contributed by atoms with Crippen molar-refractivity contribution < 1.29 is 8.42 Å². The van der Waals surface area contributed by atoms with E-state index in [1.54, 1.807) is 25.1 Å². The summed E-state index contributed by atoms with van der Waals surface area (Å²) in [5, 5.41) is 0.656. The monoisotopic (exact) mass is 254 g/mol. The summed E-state index contributed by atoms with van der Waals surface area (Å²) in [5.74, 6) is 0.713. The van der Waals surface area contributed by atoms with Crippen molar-refractivity contribution >= 4 is 33.0 Å². The molecule has 1 heterocycles. The molecule has 0 spiro atoms. The van der Waals surface area contributed by atoms with E-state index in [2.05, 4.69) is 9.97 Å². The predicted octanol–water partition coefficient (Wildman–Crippen LogP) is 2.00. The highest BCUT2D eigenvalue weighted by molar-refractivity contribution is 7.90. The van der Waals surface area contributed by atoms with Gasteiger partial charge in [0.1, 0.15) is 10.5 Å². The lowest BCUT2D eigenvalue weighted by atomic mass is 10.2. The molecule has 0 saturated heterocycles. The zero-order chi connectivity index (χ0) is 11.9. The van der Waals surface area contributed by atoms with E-state index in [1.807, 2.05) is 0 Å². The molecule has 2 rings (SSSR count). The van der Waals surface area contributed by atoms with E-state index in [1.165, 1.54) is 6.26 Å². The first kappa shape index (κ1) is 11.2. The summed E-state index contributed by atoms with van der Waals surface area (Å²) in [6.45, 7) is 1.81. The van der Waals surface area contributed by atoms with Gasteiger partial charge in [0.15, 0.2) is 9.84 Å². The van der Waals surface area contributed by atoms with Gasteiger partial charge in [-0.15, -0.1) is 0 Å². The summed E-state index contributed by atoms with van der Waals surface area (Å²) in [5.41, 5.74) is 0.796. The van der Waals surface area contributed by atoms with Crippen molar-refractivity contribution in [2.24, 2.45) is 0 Å². The minimum atomic E-state index is -3.21. The minimum absolute atomic E-state index is 0.255. The molecule has 6 heteroatoms. The number of benzene rings is 1. The third-order valence-corrected chi connectivity index (χ3v) is 3.66. The number of fused-ring (bicyclic) bond motifs is 1. The lowest BCUT2D eigenvalue weighted by Crippen LogP contribution is -1.98. The van der Waals surface area contributed by atoms with Crippen LogP contribution in [-0.2, 0) is 9.84 Å². The van der Waals surface area contributed by atoms with Crippen LogP contribution in [0.1, 0.15) is 5.82 Å². The summed E-state index contributed by atoms with van der Waals surface area (Å²) in [7, 11) is -3.21. The van der Waals surface area contributed by atoms with Gasteiger partial charge in [0.2, 0.25) is 0 Å². The smallest absolute Gasteiger partial charge is 0.175 e. The zero-order valence-corrected chi connectivity index (χ0v) is 10.4. The van der Waals surface area contributed by atoms with Gasteiger partial charge in [0.25, 0.3) is 0 Å². The Bertz CT molecular complexity index is 717. The third-order valence-electron chi connectivity index (χ3n) is 2.23. The van der Waals surface area contributed by atoms with E-state index in [0.29, 0.717) is 15.9 Å². The van der Waals surface area contributed by atoms with Gasteiger partial charge in [-0.1, -0.05) is 12.2 Å². The van der Waals surface area contributed by atoms with E-state index in [-0.39, 0.29) is 4.90 Å². The van der Waals surface area contributed by atoms with Crippen LogP contribution in [-0.4, -0.2) is 24.6 Å². The average Bonchev–Trinajstić information content (AvgIpc) is 2.15. The first-order valence-corrected chi connectivity index (χ1v) is 6.88. The number of sulfone groups is 1. The molecule has 4 nitrogen and oxygen atoms in total. The molecular formula is C10H10N2O2S2. The number of aromatic amines is 1. The van der Waals surface area contributed by atoms with Gasteiger partial charge in [-0.25, -0.2) is 13.4 Å². The summed E-state index contributed by atoms with van der Waals surface area (Å²) < 4.78 is 23.2. The van der Waals surface area contributed by atoms with Gasteiger partial charge in [-0.3, -0.25) is 0 Å². The number of hydrogen-bond donors (Lipinski definition) is 1. The topological polar surface area (TPSA) is 62.8 Å². The van der Waals surface area contributed by atoms with Gasteiger partial charge < -0.3 is 4.98 Å². The number of hydrogen-bond acceptors (Lipinski definition) is 4. The molecule has 0 fully saturated rings. The quantitative estimate of drug-likeness (QED) is 0.791. The van der Waals surface area contributed by atoms with E-state index in [4.69, 9.17) is 12.2 Å². The van der Waals surface area contributed by atoms with Crippen molar-refractivity contribution in [2.75, 3.05) is 6.26 Å². The van der Waals surface area contributed by atoms with Crippen molar-refractivity contribution in [2.45, 2.75) is 11.8 Å². The standard InChI is InChI=1S/C10H10N2O2S2/c1-6-11-9-4-3-7(16(2,13)14)5-8(9)10(15)12-6/h3-5H,1-2H3,(H,11,12,15). The molecule has 0 aliphatic heterocycles. The Morgan fingerprint density at radius 2 is 2.06 bits per heavy atom. The number of nitrogens with zero attached hydrogens (tertiary/aromatic N) is 1. The van der Waals surface area contributed by atoms with Gasteiger partial charge in [-0.05, 0) is 25.1 Å². The average molecular weight is 254 g/mol. The van der Waals surface area contributed by atoms with E-state index in [0.717, 1.165) is 5.52 Å². The number of aryl methyl sites for hydroxylation is 1. The van der Waals surface area contributed by atoms with Crippen LogP contribution >= 0.6 is 12.2 Å². The molecule has 0 radical (unpaired) electrons. The van der Waals surface area contributed by atoms with Crippen LogP contribution in [0.25, 0.3) is 10.9 Å². The number of nitrogens with one attached hydrogen (secondary N) is 1. The highest BCUT2D eigenvalue weighted by Gasteiger charge is 2.08. The predicted molar refractivity (Wildman–Crippen MR) is 64.8 cm³/mol. The van der Waals surface area contributed by atoms with Crippen LogP contribution in [0.3, 0.4) is 0 Å². The molecule has 16 heavy (non-hydrogen) atoms. The molecule has 2 aromatic rings. The molecule has 0 amide bonds. The SMILES string of the molecule is Cc1nc(=S)c2cc(S(C)(=O)=O)ccc2[nH]1. The second kappa shape index (κ2) is 3.64. The zero-order valence-electron chi connectivity index (χ0n) is 8.81. The maximum Gasteiger partial charge on any atom is 0.175 e. The molecule has 1 aromatic carbocycles. The Morgan fingerprint density at radius 1 is 1.38 bits per heavy atom. The number of rotatable bonds is 1. The van der Waals surface area contributed by atoms with Crippen molar-refractivity contribution in [3.63, 3.8) is 0 Å². The second-order valence-electron chi connectivity index (χ2n) is 3.61. The van der Waals surface area contributed by atoms with Crippen molar-refractivity contribution in [1.29, 1.82) is 0 Å². The lowest BCUT2D eigenvalue weighted by molar-refractivity contribution is 0.602. The maximum atomic E-state index is 11.4. The molecule has 0 atom stereocenters. The van der Waals surface area contributed by atoms with E-state index >= 15 is 0 Å². The largest absolute Gasteiger partial charge is 0.343 e. The minimum Gasteiger partial charge on any atom is -0.343 e. The molecule has 1 aromatic heterocycles. The van der Waals surface area contributed by atoms with Crippen LogP contribution in [0.15, 0.2) is 23.1 Å². The Kier molecular flexibility index (Phi) is 2.55. The van der Waals surface area contributed by atoms with E-state index < -0.39 is 9.84 Å².